The van der Waals surface area contributed by atoms with Gasteiger partial charge in [0.15, 0.2) is 0 Å². The molecule has 0 spiro atoms. The number of aromatic amines is 1. The summed E-state index contributed by atoms with van der Waals surface area (Å²) in [5.74, 6) is -1.02. The molecule has 0 aliphatic carbocycles. The van der Waals surface area contributed by atoms with Crippen molar-refractivity contribution in [3.05, 3.63) is 90.0 Å². The van der Waals surface area contributed by atoms with E-state index in [0.717, 1.165) is 11.1 Å². The number of amides is 2. The number of benzene rings is 2. The molecule has 2 N–H and O–H groups in total. The van der Waals surface area contributed by atoms with Crippen molar-refractivity contribution in [3.63, 3.8) is 0 Å². The Morgan fingerprint density at radius 2 is 1.65 bits per heavy atom. The Morgan fingerprint density at radius 3 is 2.24 bits per heavy atom. The molecule has 3 rings (SSSR count). The van der Waals surface area contributed by atoms with Crippen molar-refractivity contribution < 1.29 is 23.9 Å². The molecule has 0 radical (unpaired) electrons. The van der Waals surface area contributed by atoms with Crippen LogP contribution < -0.4 is 5.32 Å². The van der Waals surface area contributed by atoms with Crippen molar-refractivity contribution in [2.75, 3.05) is 14.2 Å². The lowest BCUT2D eigenvalue weighted by molar-refractivity contribution is -0.152. The standard InChI is InChI=1S/C25H28N4O5/c1-29(22(24(31)33-2)14-20-15-26-17-27-20)23(30)21(13-18-9-5-3-6-10-18)28-25(32)34-16-19-11-7-4-8-12-19/h3-12,15,17,21-22H,13-14,16H2,1-2H3,(H,26,27)(H,28,32)/t21-,22-/m0/s1. The number of H-pyrrole nitrogens is 1. The van der Waals surface area contributed by atoms with Crippen molar-refractivity contribution in [2.45, 2.75) is 31.5 Å². The van der Waals surface area contributed by atoms with E-state index in [1.807, 2.05) is 60.7 Å². The van der Waals surface area contributed by atoms with E-state index in [1.165, 1.54) is 25.4 Å². The maximum atomic E-state index is 13.5. The maximum absolute atomic E-state index is 13.5. The molecule has 178 valence electrons. The van der Waals surface area contributed by atoms with Crippen LogP contribution >= 0.6 is 0 Å². The number of carbonyl (C=O) groups is 3. The summed E-state index contributed by atoms with van der Waals surface area (Å²) >= 11 is 0. The highest BCUT2D eigenvalue weighted by Gasteiger charge is 2.33. The zero-order chi connectivity index (χ0) is 24.3. The highest BCUT2D eigenvalue weighted by Crippen LogP contribution is 2.12. The van der Waals surface area contributed by atoms with E-state index in [9.17, 15) is 14.4 Å². The van der Waals surface area contributed by atoms with Gasteiger partial charge in [-0.25, -0.2) is 14.6 Å². The maximum Gasteiger partial charge on any atom is 0.408 e. The van der Waals surface area contributed by atoms with Gasteiger partial charge in [0.25, 0.3) is 0 Å². The van der Waals surface area contributed by atoms with Crippen LogP contribution in [0, 0.1) is 0 Å². The normalized spacial score (nSPS) is 12.3. The molecule has 0 saturated carbocycles. The molecule has 1 heterocycles. The first-order valence-electron chi connectivity index (χ1n) is 10.8. The van der Waals surface area contributed by atoms with Gasteiger partial charge in [-0.15, -0.1) is 0 Å². The van der Waals surface area contributed by atoms with E-state index in [-0.39, 0.29) is 19.4 Å². The quantitative estimate of drug-likeness (QED) is 0.446. The molecule has 0 aliphatic heterocycles. The van der Waals surface area contributed by atoms with Crippen LogP contribution in [0.5, 0.6) is 0 Å². The summed E-state index contributed by atoms with van der Waals surface area (Å²) in [5.41, 5.74) is 2.34. The Balaban J connectivity index is 1.75. The van der Waals surface area contributed by atoms with Gasteiger partial charge in [0.05, 0.1) is 13.4 Å². The number of ether oxygens (including phenoxy) is 2. The number of aromatic nitrogens is 2. The molecular formula is C25H28N4O5. The van der Waals surface area contributed by atoms with Crippen molar-refractivity contribution >= 4 is 18.0 Å². The molecule has 34 heavy (non-hydrogen) atoms. The first-order valence-corrected chi connectivity index (χ1v) is 10.8. The van der Waals surface area contributed by atoms with Crippen LogP contribution in [0.4, 0.5) is 4.79 Å². The highest BCUT2D eigenvalue weighted by molar-refractivity contribution is 5.90. The SMILES string of the molecule is COC(=O)[C@H](Cc1cnc[nH]1)N(C)C(=O)[C@H](Cc1ccccc1)NC(=O)OCc1ccccc1. The van der Waals surface area contributed by atoms with Crippen LogP contribution in [0.3, 0.4) is 0 Å². The molecule has 0 fully saturated rings. The smallest absolute Gasteiger partial charge is 0.408 e. The second-order valence-corrected chi connectivity index (χ2v) is 7.72. The summed E-state index contributed by atoms with van der Waals surface area (Å²) in [4.78, 5) is 46.7. The Bertz CT molecular complexity index is 1060. The predicted molar refractivity (Wildman–Crippen MR) is 125 cm³/mol. The topological polar surface area (TPSA) is 114 Å². The molecule has 2 amide bonds. The number of alkyl carbamates (subject to hydrolysis) is 1. The minimum absolute atomic E-state index is 0.0688. The van der Waals surface area contributed by atoms with Gasteiger partial charge in [-0.2, -0.15) is 0 Å². The minimum atomic E-state index is -0.954. The van der Waals surface area contributed by atoms with Gasteiger partial charge >= 0.3 is 12.1 Å². The van der Waals surface area contributed by atoms with Crippen molar-refractivity contribution in [3.8, 4) is 0 Å². The molecular weight excluding hydrogens is 436 g/mol. The highest BCUT2D eigenvalue weighted by atomic mass is 16.5. The summed E-state index contributed by atoms with van der Waals surface area (Å²) in [6.07, 6.45) is 2.76. The average molecular weight is 465 g/mol. The number of carbonyl (C=O) groups excluding carboxylic acids is 3. The minimum Gasteiger partial charge on any atom is -0.467 e. The molecule has 9 nitrogen and oxygen atoms in total. The molecule has 0 aliphatic rings. The van der Waals surface area contributed by atoms with Gasteiger partial charge in [-0.05, 0) is 11.1 Å². The lowest BCUT2D eigenvalue weighted by Gasteiger charge is -2.29. The third-order valence-electron chi connectivity index (χ3n) is 5.34. The lowest BCUT2D eigenvalue weighted by Crippen LogP contribution is -2.54. The lowest BCUT2D eigenvalue weighted by atomic mass is 10.0. The summed E-state index contributed by atoms with van der Waals surface area (Å²) < 4.78 is 10.2. The Hall–Kier alpha value is -4.14. The summed E-state index contributed by atoms with van der Waals surface area (Å²) in [7, 11) is 2.77. The van der Waals surface area contributed by atoms with E-state index in [1.54, 1.807) is 6.20 Å². The zero-order valence-corrected chi connectivity index (χ0v) is 19.1. The van der Waals surface area contributed by atoms with E-state index in [2.05, 4.69) is 15.3 Å². The third kappa shape index (κ3) is 6.93. The second kappa shape index (κ2) is 12.2. The second-order valence-electron chi connectivity index (χ2n) is 7.72. The van der Waals surface area contributed by atoms with Gasteiger partial charge in [0, 0.05) is 31.8 Å². The third-order valence-corrected chi connectivity index (χ3v) is 5.34. The van der Waals surface area contributed by atoms with Crippen molar-refractivity contribution in [1.82, 2.24) is 20.2 Å². The fourth-order valence-electron chi connectivity index (χ4n) is 3.48. The van der Waals surface area contributed by atoms with Gasteiger partial charge in [0.2, 0.25) is 5.91 Å². The first kappa shape index (κ1) is 24.5. The molecule has 3 aromatic rings. The summed E-state index contributed by atoms with van der Waals surface area (Å²) in [6, 6.07) is 16.7. The van der Waals surface area contributed by atoms with Crippen LogP contribution in [0.2, 0.25) is 0 Å². The Morgan fingerprint density at radius 1 is 1.00 bits per heavy atom. The number of imidazole rings is 1. The van der Waals surface area contributed by atoms with Gasteiger partial charge < -0.3 is 24.7 Å². The van der Waals surface area contributed by atoms with E-state index in [4.69, 9.17) is 9.47 Å². The Kier molecular flexibility index (Phi) is 8.79. The number of hydrogen-bond donors (Lipinski definition) is 2. The van der Waals surface area contributed by atoms with Crippen LogP contribution in [0.15, 0.2) is 73.2 Å². The van der Waals surface area contributed by atoms with E-state index in [0.29, 0.717) is 5.69 Å². The number of methoxy groups -OCH3 is 1. The van der Waals surface area contributed by atoms with Crippen molar-refractivity contribution in [1.29, 1.82) is 0 Å². The number of rotatable bonds is 10. The fourth-order valence-corrected chi connectivity index (χ4v) is 3.48. The van der Waals surface area contributed by atoms with Gasteiger partial charge in [-0.3, -0.25) is 4.79 Å². The van der Waals surface area contributed by atoms with Crippen LogP contribution in [0.1, 0.15) is 16.8 Å². The largest absolute Gasteiger partial charge is 0.467 e. The Labute approximate surface area is 198 Å². The van der Waals surface area contributed by atoms with E-state index < -0.39 is 30.1 Å². The summed E-state index contributed by atoms with van der Waals surface area (Å²) in [5, 5.41) is 2.66. The predicted octanol–water partition coefficient (Wildman–Crippen LogP) is 2.49. The number of nitrogens with one attached hydrogen (secondary N) is 2. The number of esters is 1. The monoisotopic (exact) mass is 464 g/mol. The number of likely N-dealkylation sites (N-methyl/N-ethyl adjacent to an activating group) is 1. The molecule has 0 saturated heterocycles. The van der Waals surface area contributed by atoms with Crippen molar-refractivity contribution in [2.24, 2.45) is 0 Å². The summed E-state index contributed by atoms with van der Waals surface area (Å²) in [6.45, 7) is 0.0688. The molecule has 1 aromatic heterocycles. The van der Waals surface area contributed by atoms with Crippen LogP contribution in [-0.4, -0.2) is 59.1 Å². The average Bonchev–Trinajstić information content (AvgIpc) is 3.39. The molecule has 2 aromatic carbocycles. The molecule has 0 unspecified atom stereocenters. The van der Waals surface area contributed by atoms with Gasteiger partial charge in [0.1, 0.15) is 18.7 Å². The number of hydrogen-bond acceptors (Lipinski definition) is 6. The number of nitrogens with zero attached hydrogens (tertiary/aromatic N) is 2. The van der Waals surface area contributed by atoms with E-state index >= 15 is 0 Å². The zero-order valence-electron chi connectivity index (χ0n) is 19.1. The molecule has 0 bridgehead atoms. The molecule has 2 atom stereocenters. The van der Waals surface area contributed by atoms with Crippen LogP contribution in [-0.2, 0) is 38.5 Å². The van der Waals surface area contributed by atoms with Crippen LogP contribution in [0.25, 0.3) is 0 Å². The molecule has 9 heteroatoms. The fraction of sp³-hybridized carbons (Fsp3) is 0.280. The first-order chi connectivity index (χ1) is 16.5. The van der Waals surface area contributed by atoms with Gasteiger partial charge in [-0.1, -0.05) is 60.7 Å².